The number of carboxylic acid groups (broad SMARTS) is 1. The van der Waals surface area contributed by atoms with Crippen LogP contribution in [0.15, 0.2) is 58.8 Å². The summed E-state index contributed by atoms with van der Waals surface area (Å²) < 4.78 is 0.763. The Bertz CT molecular complexity index is 1200. The molecule has 0 saturated heterocycles. The Morgan fingerprint density at radius 2 is 1.76 bits per heavy atom. The number of nitriles is 1. The van der Waals surface area contributed by atoms with E-state index < -0.39 is 17.9 Å². The summed E-state index contributed by atoms with van der Waals surface area (Å²) in [5, 5.41) is 22.6. The summed E-state index contributed by atoms with van der Waals surface area (Å²) >= 11 is 4.31. The van der Waals surface area contributed by atoms with Gasteiger partial charge < -0.3 is 10.4 Å². The van der Waals surface area contributed by atoms with Gasteiger partial charge in [-0.2, -0.15) is 17.0 Å². The van der Waals surface area contributed by atoms with Crippen LogP contribution in [0, 0.1) is 11.3 Å². The number of hydrogen-bond acceptors (Lipinski definition) is 6. The van der Waals surface area contributed by atoms with E-state index in [1.165, 1.54) is 34.9 Å². The summed E-state index contributed by atoms with van der Waals surface area (Å²) in [6, 6.07) is 19.0. The van der Waals surface area contributed by atoms with Crippen molar-refractivity contribution in [1.82, 2.24) is 5.32 Å². The predicted molar refractivity (Wildman–Crippen MR) is 143 cm³/mol. The second-order valence-corrected chi connectivity index (χ2v) is 11.7. The van der Waals surface area contributed by atoms with Gasteiger partial charge in [-0.3, -0.25) is 4.79 Å². The molecule has 1 atom stereocenters. The number of aliphatic carboxylic acids is 1. The molecule has 0 aliphatic rings. The number of thioether (sulfide) groups is 2. The third-order valence-electron chi connectivity index (χ3n) is 5.01. The van der Waals surface area contributed by atoms with Crippen LogP contribution in [0.1, 0.15) is 35.5 Å². The molecule has 2 N–H and O–H groups in total. The molecule has 3 rings (SSSR count). The molecule has 0 radical (unpaired) electrons. The number of amides is 1. The largest absolute Gasteiger partial charge is 0.480 e. The topological polar surface area (TPSA) is 90.2 Å². The van der Waals surface area contributed by atoms with Crippen LogP contribution in [0.5, 0.6) is 0 Å². The molecule has 0 unspecified atom stereocenters. The Balaban J connectivity index is 2.11. The summed E-state index contributed by atoms with van der Waals surface area (Å²) in [5.74, 6) is -0.916. The normalized spacial score (nSPS) is 11.7. The molecular weight excluding hydrogens is 484 g/mol. The van der Waals surface area contributed by atoms with E-state index in [1.807, 2.05) is 74.7 Å². The molecule has 3 aromatic rings. The Labute approximate surface area is 212 Å². The van der Waals surface area contributed by atoms with Crippen LogP contribution in [0.2, 0.25) is 0 Å². The summed E-state index contributed by atoms with van der Waals surface area (Å²) in [5.41, 5.74) is 3.77. The first-order valence-corrected chi connectivity index (χ1v) is 13.9. The van der Waals surface area contributed by atoms with Crippen molar-refractivity contribution in [2.24, 2.45) is 0 Å². The van der Waals surface area contributed by atoms with Crippen molar-refractivity contribution in [1.29, 1.82) is 5.26 Å². The minimum absolute atomic E-state index is 0.221. The molecular formula is C26H26N2O3S3. The average molecular weight is 511 g/mol. The van der Waals surface area contributed by atoms with Crippen LogP contribution >= 0.6 is 34.9 Å². The molecule has 176 valence electrons. The van der Waals surface area contributed by atoms with Crippen LogP contribution in [-0.4, -0.2) is 40.3 Å². The number of carbonyl (C=O) groups excluding carboxylic acids is 1. The Morgan fingerprint density at radius 3 is 2.38 bits per heavy atom. The number of carboxylic acids is 1. The van der Waals surface area contributed by atoms with E-state index in [4.69, 9.17) is 0 Å². The highest BCUT2D eigenvalue weighted by Gasteiger charge is 2.28. The summed E-state index contributed by atoms with van der Waals surface area (Å²) in [7, 11) is 0. The van der Waals surface area contributed by atoms with Gasteiger partial charge in [0.2, 0.25) is 0 Å². The zero-order valence-corrected chi connectivity index (χ0v) is 21.7. The number of nitrogens with zero attached hydrogens (tertiary/aromatic N) is 1. The molecule has 0 saturated carbocycles. The highest BCUT2D eigenvalue weighted by Crippen LogP contribution is 2.43. The van der Waals surface area contributed by atoms with E-state index in [9.17, 15) is 20.0 Å². The third kappa shape index (κ3) is 6.23. The third-order valence-corrected chi connectivity index (χ3v) is 8.06. The number of thiophene rings is 1. The van der Waals surface area contributed by atoms with E-state index >= 15 is 0 Å². The number of carbonyl (C=O) groups is 2. The lowest BCUT2D eigenvalue weighted by molar-refractivity contribution is -0.139. The minimum Gasteiger partial charge on any atom is -0.480 e. The van der Waals surface area contributed by atoms with E-state index in [0.717, 1.165) is 20.9 Å². The van der Waals surface area contributed by atoms with Gasteiger partial charge in [0.1, 0.15) is 17.0 Å². The van der Waals surface area contributed by atoms with Gasteiger partial charge in [0.25, 0.3) is 5.91 Å². The molecule has 1 aromatic heterocycles. The van der Waals surface area contributed by atoms with Gasteiger partial charge in [-0.25, -0.2) is 4.79 Å². The fourth-order valence-electron chi connectivity index (χ4n) is 3.45. The van der Waals surface area contributed by atoms with Gasteiger partial charge in [-0.05, 0) is 41.2 Å². The van der Waals surface area contributed by atoms with Gasteiger partial charge >= 0.3 is 5.97 Å². The van der Waals surface area contributed by atoms with Crippen molar-refractivity contribution in [3.63, 3.8) is 0 Å². The van der Waals surface area contributed by atoms with Crippen molar-refractivity contribution in [3.8, 4) is 28.3 Å². The second kappa shape index (κ2) is 12.1. The van der Waals surface area contributed by atoms with Gasteiger partial charge in [0, 0.05) is 10.8 Å². The molecule has 0 spiro atoms. The van der Waals surface area contributed by atoms with Crippen LogP contribution < -0.4 is 5.32 Å². The molecule has 0 aliphatic heterocycles. The lowest BCUT2D eigenvalue weighted by Crippen LogP contribution is -2.41. The second-order valence-electron chi connectivity index (χ2n) is 7.84. The maximum atomic E-state index is 13.3. The highest BCUT2D eigenvalue weighted by atomic mass is 32.2. The molecule has 1 amide bonds. The molecule has 0 fully saturated rings. The Morgan fingerprint density at radius 1 is 1.09 bits per heavy atom. The fourth-order valence-corrected chi connectivity index (χ4v) is 6.54. The standard InChI is InChI=1S/C26H26N2O3S3/c1-16(2)33-26-20(15-27)22(19-11-7-10-18(14-19)17-8-5-4-6-9-17)23(34-26)24(29)28-21(25(30)31)12-13-32-3/h4-11,14,16,21H,12-13H2,1-3H3,(H,28,29)(H,30,31)/t21-/m0/s1. The van der Waals surface area contributed by atoms with Crippen molar-refractivity contribution in [3.05, 3.63) is 65.0 Å². The smallest absolute Gasteiger partial charge is 0.326 e. The van der Waals surface area contributed by atoms with Crippen molar-refractivity contribution < 1.29 is 14.7 Å². The average Bonchev–Trinajstić information content (AvgIpc) is 3.19. The zero-order valence-electron chi connectivity index (χ0n) is 19.2. The molecule has 8 heteroatoms. The summed E-state index contributed by atoms with van der Waals surface area (Å²) in [6.45, 7) is 4.06. The van der Waals surface area contributed by atoms with E-state index in [2.05, 4.69) is 11.4 Å². The molecule has 0 bridgehead atoms. The first kappa shape index (κ1) is 25.9. The van der Waals surface area contributed by atoms with Crippen LogP contribution in [-0.2, 0) is 4.79 Å². The molecule has 34 heavy (non-hydrogen) atoms. The minimum atomic E-state index is -1.07. The first-order valence-electron chi connectivity index (χ1n) is 10.8. The first-order chi connectivity index (χ1) is 16.3. The lowest BCUT2D eigenvalue weighted by atomic mass is 9.97. The van der Waals surface area contributed by atoms with Crippen LogP contribution in [0.4, 0.5) is 0 Å². The van der Waals surface area contributed by atoms with Crippen molar-refractivity contribution >= 4 is 46.7 Å². The van der Waals surface area contributed by atoms with Gasteiger partial charge in [-0.15, -0.1) is 23.1 Å². The highest BCUT2D eigenvalue weighted by molar-refractivity contribution is 8.01. The maximum Gasteiger partial charge on any atom is 0.326 e. The monoisotopic (exact) mass is 510 g/mol. The number of rotatable bonds is 10. The number of nitrogens with one attached hydrogen (secondary N) is 1. The van der Waals surface area contributed by atoms with Gasteiger partial charge in [0.05, 0.1) is 9.77 Å². The Hall–Kier alpha value is -2.73. The summed E-state index contributed by atoms with van der Waals surface area (Å²) in [6.07, 6.45) is 2.22. The van der Waals surface area contributed by atoms with Gasteiger partial charge in [-0.1, -0.05) is 62.4 Å². The van der Waals surface area contributed by atoms with E-state index in [-0.39, 0.29) is 5.25 Å². The molecule has 0 aliphatic carbocycles. The van der Waals surface area contributed by atoms with Crippen LogP contribution in [0.3, 0.4) is 0 Å². The maximum absolute atomic E-state index is 13.3. The Kier molecular flexibility index (Phi) is 9.22. The van der Waals surface area contributed by atoms with Crippen molar-refractivity contribution in [2.75, 3.05) is 12.0 Å². The zero-order chi connectivity index (χ0) is 24.7. The van der Waals surface area contributed by atoms with Crippen molar-refractivity contribution in [2.45, 2.75) is 35.8 Å². The van der Waals surface area contributed by atoms with E-state index in [0.29, 0.717) is 28.2 Å². The SMILES string of the molecule is CSCC[C@H](NC(=O)c1sc(SC(C)C)c(C#N)c1-c1cccc(-c2ccccc2)c1)C(=O)O. The number of hydrogen-bond donors (Lipinski definition) is 2. The quantitative estimate of drug-likeness (QED) is 0.307. The number of benzene rings is 2. The van der Waals surface area contributed by atoms with E-state index in [1.54, 1.807) is 0 Å². The lowest BCUT2D eigenvalue weighted by Gasteiger charge is -2.14. The predicted octanol–water partition coefficient (Wildman–Crippen LogP) is 6.39. The fraction of sp³-hybridized carbons (Fsp3) is 0.269. The summed E-state index contributed by atoms with van der Waals surface area (Å²) in [4.78, 5) is 25.4. The molecule has 1 heterocycles. The molecule has 2 aromatic carbocycles. The van der Waals surface area contributed by atoms with Crippen LogP contribution in [0.25, 0.3) is 22.3 Å². The van der Waals surface area contributed by atoms with Gasteiger partial charge in [0.15, 0.2) is 0 Å². The molecule has 5 nitrogen and oxygen atoms in total.